The molecule has 1 unspecified atom stereocenters. The lowest BCUT2D eigenvalue weighted by molar-refractivity contribution is 0.317. The molecule has 1 atom stereocenters. The molecule has 0 spiro atoms. The van der Waals surface area contributed by atoms with Crippen molar-refractivity contribution in [2.45, 2.75) is 19.4 Å². The maximum Gasteiger partial charge on any atom is 0.147 e. The first-order valence-electron chi connectivity index (χ1n) is 6.00. The second-order valence-corrected chi connectivity index (χ2v) is 6.67. The highest BCUT2D eigenvalue weighted by atomic mass is 32.2. The van der Waals surface area contributed by atoms with Gasteiger partial charge in [-0.25, -0.2) is 8.42 Å². The summed E-state index contributed by atoms with van der Waals surface area (Å²) in [5.74, 6) is 0.947. The van der Waals surface area contributed by atoms with E-state index in [1.165, 1.54) is 6.26 Å². The van der Waals surface area contributed by atoms with Crippen LogP contribution in [0.25, 0.3) is 0 Å². The molecule has 1 rings (SSSR count). The van der Waals surface area contributed by atoms with E-state index in [0.29, 0.717) is 13.0 Å². The van der Waals surface area contributed by atoms with Crippen LogP contribution in [0.3, 0.4) is 0 Å². The summed E-state index contributed by atoms with van der Waals surface area (Å²) in [6.45, 7) is 2.49. The number of rotatable bonds is 7. The third-order valence-electron chi connectivity index (χ3n) is 2.72. The van der Waals surface area contributed by atoms with Crippen LogP contribution in [0.5, 0.6) is 5.75 Å². The molecule has 0 aliphatic carbocycles. The smallest absolute Gasteiger partial charge is 0.147 e. The topological polar surface area (TPSA) is 55.4 Å². The Hall–Kier alpha value is -1.07. The molecule has 1 N–H and O–H groups in total. The molecule has 0 amide bonds. The normalized spacial score (nSPS) is 13.3. The van der Waals surface area contributed by atoms with Gasteiger partial charge in [0, 0.05) is 12.3 Å². The number of hydrogen-bond donors (Lipinski definition) is 1. The van der Waals surface area contributed by atoms with Gasteiger partial charge in [0.1, 0.15) is 15.6 Å². The summed E-state index contributed by atoms with van der Waals surface area (Å²) >= 11 is 0. The van der Waals surface area contributed by atoms with Gasteiger partial charge >= 0.3 is 0 Å². The molecule has 0 bridgehead atoms. The lowest BCUT2D eigenvalue weighted by Crippen LogP contribution is -2.12. The minimum Gasteiger partial charge on any atom is -0.494 e. The van der Waals surface area contributed by atoms with Crippen LogP contribution >= 0.6 is 0 Å². The van der Waals surface area contributed by atoms with E-state index in [1.54, 1.807) is 0 Å². The number of hydrogen-bond acceptors (Lipinski definition) is 4. The van der Waals surface area contributed by atoms with Crippen molar-refractivity contribution in [1.82, 2.24) is 5.32 Å². The molecule has 0 saturated carbocycles. The molecule has 1 aromatic rings. The van der Waals surface area contributed by atoms with Gasteiger partial charge in [0.15, 0.2) is 0 Å². The van der Waals surface area contributed by atoms with Crippen molar-refractivity contribution in [3.8, 4) is 5.75 Å². The van der Waals surface area contributed by atoms with Crippen LogP contribution in [0.1, 0.15) is 24.9 Å². The summed E-state index contributed by atoms with van der Waals surface area (Å²) in [7, 11) is -0.987. The molecule has 5 heteroatoms. The summed E-state index contributed by atoms with van der Waals surface area (Å²) in [4.78, 5) is 0. The number of ether oxygens (including phenoxy) is 1. The van der Waals surface area contributed by atoms with Crippen molar-refractivity contribution in [3.63, 3.8) is 0 Å². The maximum absolute atomic E-state index is 11.0. The highest BCUT2D eigenvalue weighted by Crippen LogP contribution is 2.18. The van der Waals surface area contributed by atoms with Crippen molar-refractivity contribution in [3.05, 3.63) is 29.8 Å². The van der Waals surface area contributed by atoms with Crippen LogP contribution in [0.4, 0.5) is 0 Å². The minimum atomic E-state index is -2.89. The highest BCUT2D eigenvalue weighted by molar-refractivity contribution is 7.90. The van der Waals surface area contributed by atoms with Crippen LogP contribution < -0.4 is 10.1 Å². The highest BCUT2D eigenvalue weighted by Gasteiger charge is 2.05. The van der Waals surface area contributed by atoms with Gasteiger partial charge in [-0.05, 0) is 38.1 Å². The molecule has 0 aliphatic rings. The third-order valence-corrected chi connectivity index (χ3v) is 3.75. The zero-order valence-corrected chi connectivity index (χ0v) is 12.0. The zero-order valence-electron chi connectivity index (χ0n) is 11.1. The Morgan fingerprint density at radius 3 is 2.72 bits per heavy atom. The number of sulfone groups is 1. The van der Waals surface area contributed by atoms with Crippen molar-refractivity contribution in [2.75, 3.05) is 25.7 Å². The van der Waals surface area contributed by atoms with Gasteiger partial charge in [0.05, 0.1) is 12.4 Å². The molecule has 0 aromatic heterocycles. The van der Waals surface area contributed by atoms with Crippen LogP contribution in [0.2, 0.25) is 0 Å². The van der Waals surface area contributed by atoms with E-state index in [0.717, 1.165) is 11.3 Å². The van der Waals surface area contributed by atoms with Gasteiger partial charge in [-0.15, -0.1) is 0 Å². The Balaban J connectivity index is 2.48. The van der Waals surface area contributed by atoms with E-state index >= 15 is 0 Å². The third kappa shape index (κ3) is 5.51. The Labute approximate surface area is 109 Å². The average Bonchev–Trinajstić information content (AvgIpc) is 2.33. The fourth-order valence-electron chi connectivity index (χ4n) is 1.55. The van der Waals surface area contributed by atoms with Crippen LogP contribution in [0.15, 0.2) is 24.3 Å². The van der Waals surface area contributed by atoms with Crippen LogP contribution in [-0.4, -0.2) is 34.1 Å². The summed E-state index contributed by atoms with van der Waals surface area (Å²) < 4.78 is 27.5. The Kier molecular flexibility index (Phi) is 5.62. The van der Waals surface area contributed by atoms with Crippen LogP contribution in [-0.2, 0) is 9.84 Å². The predicted octanol–water partition coefficient (Wildman–Crippen LogP) is 1.78. The summed E-state index contributed by atoms with van der Waals surface area (Å²) in [5, 5.41) is 3.16. The average molecular weight is 271 g/mol. The second kappa shape index (κ2) is 6.75. The van der Waals surface area contributed by atoms with Gasteiger partial charge in [-0.1, -0.05) is 12.1 Å². The first kappa shape index (κ1) is 15.0. The van der Waals surface area contributed by atoms with Crippen molar-refractivity contribution < 1.29 is 13.2 Å². The van der Waals surface area contributed by atoms with Crippen molar-refractivity contribution in [1.29, 1.82) is 0 Å². The van der Waals surface area contributed by atoms with Gasteiger partial charge < -0.3 is 10.1 Å². The molecule has 0 fully saturated rings. The fraction of sp³-hybridized carbons (Fsp3) is 0.538. The SMILES string of the molecule is CNC(C)c1cccc(OCCCS(C)(=O)=O)c1. The first-order valence-corrected chi connectivity index (χ1v) is 8.06. The monoisotopic (exact) mass is 271 g/mol. The molecule has 0 radical (unpaired) electrons. The molecule has 0 heterocycles. The maximum atomic E-state index is 11.0. The molecule has 18 heavy (non-hydrogen) atoms. The standard InChI is InChI=1S/C13H21NO3S/c1-11(14-2)12-6-4-7-13(10-12)17-8-5-9-18(3,15)16/h4,6-7,10-11,14H,5,8-9H2,1-3H3. The minimum absolute atomic E-state index is 0.166. The van der Waals surface area contributed by atoms with Gasteiger partial charge in [-0.3, -0.25) is 0 Å². The van der Waals surface area contributed by atoms with Crippen molar-refractivity contribution >= 4 is 9.84 Å². The van der Waals surface area contributed by atoms with Crippen molar-refractivity contribution in [2.24, 2.45) is 0 Å². The molecule has 0 saturated heterocycles. The lowest BCUT2D eigenvalue weighted by Gasteiger charge is -2.12. The summed E-state index contributed by atoms with van der Waals surface area (Å²) in [6.07, 6.45) is 1.76. The van der Waals surface area contributed by atoms with E-state index in [-0.39, 0.29) is 11.8 Å². The van der Waals surface area contributed by atoms with E-state index in [9.17, 15) is 8.42 Å². The Morgan fingerprint density at radius 2 is 2.11 bits per heavy atom. The molecular formula is C13H21NO3S. The van der Waals surface area contributed by atoms with E-state index in [1.807, 2.05) is 31.3 Å². The number of benzene rings is 1. The first-order chi connectivity index (χ1) is 8.42. The summed E-state index contributed by atoms with van der Waals surface area (Å²) in [5.41, 5.74) is 1.15. The molecule has 102 valence electrons. The van der Waals surface area contributed by atoms with E-state index in [2.05, 4.69) is 12.2 Å². The van der Waals surface area contributed by atoms with Crippen LogP contribution in [0, 0.1) is 0 Å². The lowest BCUT2D eigenvalue weighted by atomic mass is 10.1. The molecule has 0 aliphatic heterocycles. The molecule has 4 nitrogen and oxygen atoms in total. The van der Waals surface area contributed by atoms with Gasteiger partial charge in [-0.2, -0.15) is 0 Å². The van der Waals surface area contributed by atoms with Gasteiger partial charge in [0.2, 0.25) is 0 Å². The quantitative estimate of drug-likeness (QED) is 0.768. The largest absolute Gasteiger partial charge is 0.494 e. The molecule has 1 aromatic carbocycles. The fourth-order valence-corrected chi connectivity index (χ4v) is 2.19. The number of nitrogens with one attached hydrogen (secondary N) is 1. The summed E-state index contributed by atoms with van der Waals surface area (Å²) in [6, 6.07) is 8.10. The Bertz CT molecular complexity index is 471. The van der Waals surface area contributed by atoms with Gasteiger partial charge in [0.25, 0.3) is 0 Å². The molecular weight excluding hydrogens is 250 g/mol. The Morgan fingerprint density at radius 1 is 1.39 bits per heavy atom. The second-order valence-electron chi connectivity index (χ2n) is 4.41. The zero-order chi connectivity index (χ0) is 13.6. The van der Waals surface area contributed by atoms with E-state index < -0.39 is 9.84 Å². The van der Waals surface area contributed by atoms with E-state index in [4.69, 9.17) is 4.74 Å². The predicted molar refractivity (Wildman–Crippen MR) is 73.7 cm³/mol.